The van der Waals surface area contributed by atoms with Crippen LogP contribution in [0.4, 0.5) is 0 Å². The molecule has 0 aliphatic heterocycles. The Balaban J connectivity index is 2.05. The molecule has 0 N–H and O–H groups in total. The maximum Gasteiger partial charge on any atom is 0.252 e. The molecular weight excluding hydrogens is 340 g/mol. The molecule has 3 nitrogen and oxygen atoms in total. The molecule has 0 unspecified atom stereocenters. The number of carbonyl (C=O) groups excluding carboxylic acids is 1. The van der Waals surface area contributed by atoms with Crippen LogP contribution in [0.5, 0.6) is 0 Å². The summed E-state index contributed by atoms with van der Waals surface area (Å²) >= 11 is 1.57. The quantitative estimate of drug-likeness (QED) is 0.613. The molecule has 1 amide bonds. The van der Waals surface area contributed by atoms with Crippen LogP contribution in [0.1, 0.15) is 27.8 Å². The van der Waals surface area contributed by atoms with Gasteiger partial charge >= 0.3 is 0 Å². The lowest BCUT2D eigenvalue weighted by molar-refractivity contribution is -0.117. The van der Waals surface area contributed by atoms with E-state index in [0.717, 1.165) is 21.4 Å². The first kappa shape index (κ1) is 18.3. The first-order valence-electron chi connectivity index (χ1n) is 8.74. The van der Waals surface area contributed by atoms with E-state index in [1.807, 2.05) is 25.1 Å². The molecule has 0 fully saturated rings. The first-order chi connectivity index (χ1) is 12.4. The Bertz CT molecular complexity index is 1070. The van der Waals surface area contributed by atoms with Crippen LogP contribution in [0.25, 0.3) is 10.2 Å². The lowest BCUT2D eigenvalue weighted by atomic mass is 10.0. The number of hydrogen-bond acceptors (Lipinski definition) is 2. The molecule has 3 aromatic rings. The fourth-order valence-corrected chi connectivity index (χ4v) is 4.36. The largest absolute Gasteiger partial charge is 0.312 e. The summed E-state index contributed by atoms with van der Waals surface area (Å²) in [5, 5.41) is 0. The van der Waals surface area contributed by atoms with E-state index in [1.54, 1.807) is 11.3 Å². The van der Waals surface area contributed by atoms with Gasteiger partial charge in [0.2, 0.25) is 0 Å². The molecule has 1 heterocycles. The fourth-order valence-electron chi connectivity index (χ4n) is 3.26. The Morgan fingerprint density at radius 1 is 1.12 bits per heavy atom. The molecule has 0 atom stereocenters. The molecule has 3 rings (SSSR count). The maximum absolute atomic E-state index is 12.6. The number of amides is 1. The zero-order chi connectivity index (χ0) is 18.8. The van der Waals surface area contributed by atoms with Gasteiger partial charge in [0.1, 0.15) is 0 Å². The van der Waals surface area contributed by atoms with Crippen molar-refractivity contribution in [3.05, 3.63) is 75.6 Å². The van der Waals surface area contributed by atoms with E-state index in [2.05, 4.69) is 55.1 Å². The number of allylic oxidation sites excluding steroid dienone is 1. The summed E-state index contributed by atoms with van der Waals surface area (Å²) in [6.45, 7) is 12.8. The van der Waals surface area contributed by atoms with Crippen molar-refractivity contribution in [2.45, 2.75) is 40.7 Å². The van der Waals surface area contributed by atoms with Gasteiger partial charge in [-0.3, -0.25) is 4.79 Å². The third-order valence-corrected chi connectivity index (χ3v) is 5.72. The predicted molar refractivity (Wildman–Crippen MR) is 110 cm³/mol. The van der Waals surface area contributed by atoms with E-state index in [1.165, 1.54) is 21.4 Å². The van der Waals surface area contributed by atoms with Crippen LogP contribution in [-0.2, 0) is 17.8 Å². The van der Waals surface area contributed by atoms with Gasteiger partial charge in [-0.2, -0.15) is 4.99 Å². The summed E-state index contributed by atoms with van der Waals surface area (Å²) in [6.07, 6.45) is 2.17. The summed E-state index contributed by atoms with van der Waals surface area (Å²) < 4.78 is 3.25. The van der Waals surface area contributed by atoms with E-state index < -0.39 is 0 Å². The molecule has 134 valence electrons. The lowest BCUT2D eigenvalue weighted by Crippen LogP contribution is -2.17. The standard InChI is InChI=1S/C22H24N2OS/c1-6-9-24-19-12-15(3)11-17(5)21(19)26-22(24)23-20(25)13-18-8-7-14(2)10-16(18)4/h6-8,10-12H,1,9,13H2,2-5H3. The van der Waals surface area contributed by atoms with Gasteiger partial charge in [0, 0.05) is 6.54 Å². The number of rotatable bonds is 4. The highest BCUT2D eigenvalue weighted by Gasteiger charge is 2.11. The van der Waals surface area contributed by atoms with Crippen LogP contribution in [0.2, 0.25) is 0 Å². The highest BCUT2D eigenvalue weighted by atomic mass is 32.1. The van der Waals surface area contributed by atoms with Crippen LogP contribution in [0.15, 0.2) is 48.0 Å². The number of aryl methyl sites for hydroxylation is 4. The van der Waals surface area contributed by atoms with E-state index >= 15 is 0 Å². The second-order valence-electron chi connectivity index (χ2n) is 6.83. The van der Waals surface area contributed by atoms with Crippen molar-refractivity contribution in [1.82, 2.24) is 4.57 Å². The minimum Gasteiger partial charge on any atom is -0.312 e. The fraction of sp³-hybridized carbons (Fsp3) is 0.273. The van der Waals surface area contributed by atoms with Gasteiger partial charge in [0.15, 0.2) is 4.80 Å². The Morgan fingerprint density at radius 3 is 2.54 bits per heavy atom. The summed E-state index contributed by atoms with van der Waals surface area (Å²) in [5.74, 6) is -0.115. The van der Waals surface area contributed by atoms with Crippen molar-refractivity contribution in [2.24, 2.45) is 4.99 Å². The Hall–Kier alpha value is -2.46. The summed E-state index contributed by atoms with van der Waals surface area (Å²) in [5.41, 5.74) is 6.91. The van der Waals surface area contributed by atoms with Gasteiger partial charge in [-0.05, 0) is 56.0 Å². The maximum atomic E-state index is 12.6. The number of carbonyl (C=O) groups is 1. The van der Waals surface area contributed by atoms with Gasteiger partial charge in [-0.15, -0.1) is 6.58 Å². The molecule has 0 aliphatic carbocycles. The second-order valence-corrected chi connectivity index (χ2v) is 7.80. The monoisotopic (exact) mass is 364 g/mol. The highest BCUT2D eigenvalue weighted by Crippen LogP contribution is 2.23. The first-order valence-corrected chi connectivity index (χ1v) is 9.56. The molecule has 26 heavy (non-hydrogen) atoms. The van der Waals surface area contributed by atoms with Gasteiger partial charge in [-0.1, -0.05) is 47.2 Å². The van der Waals surface area contributed by atoms with Crippen molar-refractivity contribution in [3.8, 4) is 0 Å². The predicted octanol–water partition coefficient (Wildman–Crippen LogP) is 4.79. The number of benzene rings is 2. The molecule has 0 aliphatic rings. The van der Waals surface area contributed by atoms with E-state index in [-0.39, 0.29) is 5.91 Å². The van der Waals surface area contributed by atoms with Crippen LogP contribution >= 0.6 is 11.3 Å². The average molecular weight is 365 g/mol. The van der Waals surface area contributed by atoms with Crippen LogP contribution in [0, 0.1) is 27.7 Å². The number of aromatic nitrogens is 1. The van der Waals surface area contributed by atoms with Gasteiger partial charge in [0.05, 0.1) is 16.6 Å². The summed E-state index contributed by atoms with van der Waals surface area (Å²) in [7, 11) is 0. The molecule has 0 bridgehead atoms. The molecule has 0 saturated carbocycles. The molecule has 0 radical (unpaired) electrons. The number of hydrogen-bond donors (Lipinski definition) is 0. The van der Waals surface area contributed by atoms with Gasteiger partial charge < -0.3 is 4.57 Å². The summed E-state index contributed by atoms with van der Waals surface area (Å²) in [4.78, 5) is 17.8. The number of fused-ring (bicyclic) bond motifs is 1. The third-order valence-electron chi connectivity index (χ3n) is 4.49. The number of thiazole rings is 1. The van der Waals surface area contributed by atoms with Gasteiger partial charge in [0.25, 0.3) is 5.91 Å². The van der Waals surface area contributed by atoms with Crippen LogP contribution in [-0.4, -0.2) is 10.5 Å². The molecule has 1 aromatic heterocycles. The zero-order valence-corrected chi connectivity index (χ0v) is 16.6. The molecular formula is C22H24N2OS. The molecule has 0 spiro atoms. The SMILES string of the molecule is C=CCn1c(=NC(=O)Cc2ccc(C)cc2C)sc2c(C)cc(C)cc21. The van der Waals surface area contributed by atoms with Crippen molar-refractivity contribution in [1.29, 1.82) is 0 Å². The van der Waals surface area contributed by atoms with Crippen molar-refractivity contribution in [3.63, 3.8) is 0 Å². The Kier molecular flexibility index (Phi) is 5.23. The van der Waals surface area contributed by atoms with Crippen molar-refractivity contribution >= 4 is 27.5 Å². The van der Waals surface area contributed by atoms with E-state index in [9.17, 15) is 4.79 Å². The van der Waals surface area contributed by atoms with Crippen LogP contribution in [0.3, 0.4) is 0 Å². The Morgan fingerprint density at radius 2 is 1.85 bits per heavy atom. The average Bonchev–Trinajstić information content (AvgIpc) is 2.89. The molecule has 4 heteroatoms. The van der Waals surface area contributed by atoms with Crippen molar-refractivity contribution < 1.29 is 4.79 Å². The van der Waals surface area contributed by atoms with Crippen LogP contribution < -0.4 is 4.80 Å². The minimum absolute atomic E-state index is 0.115. The minimum atomic E-state index is -0.115. The third kappa shape index (κ3) is 3.70. The highest BCUT2D eigenvalue weighted by molar-refractivity contribution is 7.16. The lowest BCUT2D eigenvalue weighted by Gasteiger charge is -2.05. The summed E-state index contributed by atoms with van der Waals surface area (Å²) in [6, 6.07) is 10.5. The second kappa shape index (κ2) is 7.42. The molecule has 2 aromatic carbocycles. The zero-order valence-electron chi connectivity index (χ0n) is 15.8. The normalized spacial score (nSPS) is 11.9. The van der Waals surface area contributed by atoms with Crippen molar-refractivity contribution in [2.75, 3.05) is 0 Å². The van der Waals surface area contributed by atoms with E-state index in [4.69, 9.17) is 0 Å². The number of nitrogens with zero attached hydrogens (tertiary/aromatic N) is 2. The topological polar surface area (TPSA) is 34.4 Å². The van der Waals surface area contributed by atoms with E-state index in [0.29, 0.717) is 13.0 Å². The Labute approximate surface area is 158 Å². The smallest absolute Gasteiger partial charge is 0.252 e. The molecule has 0 saturated heterocycles. The van der Waals surface area contributed by atoms with Gasteiger partial charge in [-0.25, -0.2) is 0 Å².